The van der Waals surface area contributed by atoms with Gasteiger partial charge < -0.3 is 30.7 Å². The van der Waals surface area contributed by atoms with Gasteiger partial charge in [0.25, 0.3) is 0 Å². The van der Waals surface area contributed by atoms with Crippen molar-refractivity contribution in [2.45, 2.75) is 52.7 Å². The normalized spacial score (nSPS) is 15.6. The first-order valence-electron chi connectivity index (χ1n) is 13.2. The first-order valence-corrected chi connectivity index (χ1v) is 13.2. The van der Waals surface area contributed by atoms with Gasteiger partial charge in [-0.3, -0.25) is 14.0 Å². The zero-order valence-corrected chi connectivity index (χ0v) is 22.5. The van der Waals surface area contributed by atoms with Gasteiger partial charge in [0, 0.05) is 31.9 Å². The highest BCUT2D eigenvalue weighted by atomic mass is 16.5. The van der Waals surface area contributed by atoms with Crippen molar-refractivity contribution in [1.82, 2.24) is 30.2 Å². The van der Waals surface area contributed by atoms with Crippen LogP contribution in [-0.2, 0) is 14.3 Å². The second-order valence-corrected chi connectivity index (χ2v) is 9.97. The molecule has 1 aliphatic rings. The predicted octanol–water partition coefficient (Wildman–Crippen LogP) is 1.25. The van der Waals surface area contributed by atoms with Crippen molar-refractivity contribution in [1.29, 1.82) is 0 Å². The number of nitrogens with one attached hydrogen (secondary N) is 3. The Labute approximate surface area is 222 Å². The summed E-state index contributed by atoms with van der Waals surface area (Å²) in [6.45, 7) is 11.3. The average Bonchev–Trinajstić information content (AvgIpc) is 3.30. The highest BCUT2D eigenvalue weighted by Gasteiger charge is 2.25. The summed E-state index contributed by atoms with van der Waals surface area (Å²) in [5.41, 5.74) is 3.61. The fourth-order valence-electron chi connectivity index (χ4n) is 4.49. The van der Waals surface area contributed by atoms with Crippen LogP contribution in [0, 0.1) is 12.8 Å². The Morgan fingerprint density at radius 2 is 1.82 bits per heavy atom. The average molecular weight is 527 g/mol. The van der Waals surface area contributed by atoms with E-state index in [-0.39, 0.29) is 11.8 Å². The number of aromatic nitrogens is 4. The van der Waals surface area contributed by atoms with Crippen molar-refractivity contribution in [2.24, 2.45) is 5.92 Å². The lowest BCUT2D eigenvalue weighted by molar-refractivity contribution is -0.134. The van der Waals surface area contributed by atoms with Crippen LogP contribution in [0.4, 0.5) is 11.5 Å². The van der Waals surface area contributed by atoms with Crippen molar-refractivity contribution in [2.75, 3.05) is 49.6 Å². The second kappa shape index (κ2) is 12.4. The molecule has 3 aromatic rings. The van der Waals surface area contributed by atoms with Crippen LogP contribution in [0.1, 0.15) is 39.4 Å². The number of aliphatic hydroxyl groups is 1. The van der Waals surface area contributed by atoms with Gasteiger partial charge in [-0.15, -0.1) is 10.2 Å². The molecule has 2 aromatic heterocycles. The van der Waals surface area contributed by atoms with Crippen molar-refractivity contribution in [3.8, 4) is 0 Å². The summed E-state index contributed by atoms with van der Waals surface area (Å²) in [7, 11) is 0. The van der Waals surface area contributed by atoms with E-state index in [2.05, 4.69) is 49.2 Å². The van der Waals surface area contributed by atoms with Crippen LogP contribution in [0.3, 0.4) is 0 Å². The number of carbonyl (C=O) groups is 2. The molecule has 1 unspecified atom stereocenters. The fraction of sp³-hybridized carbons (Fsp3) is 0.577. The number of aliphatic hydroxyl groups excluding tert-OH is 1. The number of aryl methyl sites for hydroxylation is 1. The Bertz CT molecular complexity index is 1270. The third-order valence-corrected chi connectivity index (χ3v) is 6.67. The smallest absolute Gasteiger partial charge is 0.249 e. The van der Waals surface area contributed by atoms with Gasteiger partial charge >= 0.3 is 0 Å². The molecule has 0 aliphatic carbocycles. The molecule has 0 bridgehead atoms. The molecule has 0 spiro atoms. The zero-order valence-electron chi connectivity index (χ0n) is 22.5. The number of unbranched alkanes of at least 4 members (excludes halogenated alkanes) is 1. The van der Waals surface area contributed by atoms with Gasteiger partial charge in [0.15, 0.2) is 5.82 Å². The maximum Gasteiger partial charge on any atom is 0.249 e. The zero-order chi connectivity index (χ0) is 27.2. The van der Waals surface area contributed by atoms with Crippen LogP contribution < -0.4 is 20.9 Å². The Balaban J connectivity index is 1.36. The van der Waals surface area contributed by atoms with Crippen LogP contribution in [-0.4, -0.2) is 88.0 Å². The minimum atomic E-state index is -1.16. The molecule has 0 saturated carbocycles. The van der Waals surface area contributed by atoms with E-state index in [9.17, 15) is 14.7 Å². The lowest BCUT2D eigenvalue weighted by Gasteiger charge is -2.29. The third-order valence-electron chi connectivity index (χ3n) is 6.67. The molecule has 206 valence electrons. The van der Waals surface area contributed by atoms with Gasteiger partial charge in [0.1, 0.15) is 18.0 Å². The van der Waals surface area contributed by atoms with Gasteiger partial charge in [-0.1, -0.05) is 13.8 Å². The quantitative estimate of drug-likeness (QED) is 0.271. The third kappa shape index (κ3) is 6.30. The number of fused-ring (bicyclic) bond motifs is 3. The van der Waals surface area contributed by atoms with Crippen LogP contribution in [0.5, 0.6) is 0 Å². The topological polar surface area (TPSA) is 146 Å². The number of hydrogen-bond donors (Lipinski definition) is 4. The number of amides is 2. The molecule has 1 fully saturated rings. The largest absolute Gasteiger partial charge is 0.384 e. The Kier molecular flexibility index (Phi) is 8.95. The highest BCUT2D eigenvalue weighted by molar-refractivity contribution is 5.89. The van der Waals surface area contributed by atoms with E-state index in [1.54, 1.807) is 0 Å². The van der Waals surface area contributed by atoms with Crippen LogP contribution >= 0.6 is 0 Å². The molecule has 12 nitrogen and oxygen atoms in total. The Hall–Kier alpha value is -3.51. The minimum absolute atomic E-state index is 0.101. The van der Waals surface area contributed by atoms with Crippen molar-refractivity contribution in [3.05, 3.63) is 24.0 Å². The number of rotatable bonds is 11. The maximum absolute atomic E-state index is 12.6. The predicted molar refractivity (Wildman–Crippen MR) is 145 cm³/mol. The van der Waals surface area contributed by atoms with Gasteiger partial charge in [-0.05, 0) is 50.8 Å². The van der Waals surface area contributed by atoms with Crippen LogP contribution in [0.15, 0.2) is 18.2 Å². The molecule has 4 rings (SSSR count). The molecule has 38 heavy (non-hydrogen) atoms. The Morgan fingerprint density at radius 3 is 2.53 bits per heavy atom. The number of nitrogens with zero attached hydrogens (tertiary/aromatic N) is 5. The van der Waals surface area contributed by atoms with E-state index in [1.807, 2.05) is 25.2 Å². The molecule has 12 heteroatoms. The molecule has 1 aromatic carbocycles. The number of anilines is 2. The van der Waals surface area contributed by atoms with Crippen molar-refractivity contribution >= 4 is 40.0 Å². The Morgan fingerprint density at radius 1 is 1.08 bits per heavy atom. The monoisotopic (exact) mass is 526 g/mol. The fourth-order valence-corrected chi connectivity index (χ4v) is 4.49. The number of hydrogen-bond acceptors (Lipinski definition) is 9. The van der Waals surface area contributed by atoms with E-state index in [0.717, 1.165) is 61.7 Å². The summed E-state index contributed by atoms with van der Waals surface area (Å²) in [6, 6.07) is 5.58. The summed E-state index contributed by atoms with van der Waals surface area (Å²) >= 11 is 0. The number of carbonyl (C=O) groups excluding carboxylic acids is 2. The standard InChI is InChI=1S/C26H38N8O4/c1-16(2)22(30-25(36)17(3)35)26(37)28-10-6-5-9-27-23-24-32-31-18(4)34(24)21-8-7-19(15-20(21)29-23)33-11-13-38-14-12-33/h7-8,15-17,22,35H,5-6,9-14H2,1-4H3,(H,27,29)(H,28,37)(H,30,36)/t17?,22-/m0/s1. The van der Waals surface area contributed by atoms with E-state index >= 15 is 0 Å². The molecule has 3 heterocycles. The van der Waals surface area contributed by atoms with E-state index in [0.29, 0.717) is 24.6 Å². The summed E-state index contributed by atoms with van der Waals surface area (Å²) in [4.78, 5) is 31.5. The molecule has 2 amide bonds. The number of benzene rings is 1. The van der Waals surface area contributed by atoms with Crippen molar-refractivity contribution < 1.29 is 19.4 Å². The summed E-state index contributed by atoms with van der Waals surface area (Å²) in [5.74, 6) is 0.547. The van der Waals surface area contributed by atoms with E-state index in [1.165, 1.54) is 6.92 Å². The molecular formula is C26H38N8O4. The van der Waals surface area contributed by atoms with Crippen LogP contribution in [0.2, 0.25) is 0 Å². The molecule has 2 atom stereocenters. The van der Waals surface area contributed by atoms with E-state index < -0.39 is 18.1 Å². The van der Waals surface area contributed by atoms with Crippen molar-refractivity contribution in [3.63, 3.8) is 0 Å². The number of ether oxygens (including phenoxy) is 1. The van der Waals surface area contributed by atoms with E-state index in [4.69, 9.17) is 9.72 Å². The van der Waals surface area contributed by atoms with Crippen LogP contribution in [0.25, 0.3) is 16.7 Å². The first-order chi connectivity index (χ1) is 18.3. The second-order valence-electron chi connectivity index (χ2n) is 9.97. The molecule has 4 N–H and O–H groups in total. The SMILES string of the molecule is Cc1nnc2c(NCCCCNC(=O)[C@@H](NC(=O)C(C)O)C(C)C)nc3cc(N4CCOCC4)ccc3n12. The highest BCUT2D eigenvalue weighted by Crippen LogP contribution is 2.26. The molecule has 0 radical (unpaired) electrons. The molecular weight excluding hydrogens is 488 g/mol. The van der Waals surface area contributed by atoms with Gasteiger partial charge in [0.05, 0.1) is 24.2 Å². The summed E-state index contributed by atoms with van der Waals surface area (Å²) in [6.07, 6.45) is 0.370. The van der Waals surface area contributed by atoms with Gasteiger partial charge in [0.2, 0.25) is 17.5 Å². The van der Waals surface area contributed by atoms with Gasteiger partial charge in [-0.25, -0.2) is 4.98 Å². The summed E-state index contributed by atoms with van der Waals surface area (Å²) < 4.78 is 7.50. The minimum Gasteiger partial charge on any atom is -0.384 e. The first kappa shape index (κ1) is 27.5. The molecule has 1 aliphatic heterocycles. The molecule has 1 saturated heterocycles. The summed E-state index contributed by atoms with van der Waals surface area (Å²) in [5, 5.41) is 26.9. The lowest BCUT2D eigenvalue weighted by Crippen LogP contribution is -2.52. The number of morpholine rings is 1. The maximum atomic E-state index is 12.6. The van der Waals surface area contributed by atoms with Gasteiger partial charge in [-0.2, -0.15) is 0 Å². The lowest BCUT2D eigenvalue weighted by atomic mass is 10.0.